The van der Waals surface area contributed by atoms with E-state index in [4.69, 9.17) is 14.9 Å². The molecule has 4 heteroatoms. The lowest BCUT2D eigenvalue weighted by molar-refractivity contribution is -0.137. The first kappa shape index (κ1) is 10.8. The minimum absolute atomic E-state index is 0.681. The summed E-state index contributed by atoms with van der Waals surface area (Å²) in [6.07, 6.45) is -1.82. The molecular formula is C7H17NO3. The Balaban J connectivity index is 0.000000461. The number of aliphatic hydroxyl groups is 2. The largest absolute Gasteiger partial charge is 0.375 e. The van der Waals surface area contributed by atoms with Crippen LogP contribution in [-0.4, -0.2) is 28.5 Å². The van der Waals surface area contributed by atoms with E-state index in [1.165, 1.54) is 0 Å². The first-order valence-corrected chi connectivity index (χ1v) is 3.82. The molecule has 0 spiro atoms. The molecule has 4 nitrogen and oxygen atoms in total. The predicted molar refractivity (Wildman–Crippen MR) is 41.7 cm³/mol. The van der Waals surface area contributed by atoms with Gasteiger partial charge in [-0.25, -0.2) is 5.32 Å². The lowest BCUT2D eigenvalue weighted by Gasteiger charge is -2.18. The van der Waals surface area contributed by atoms with E-state index in [1.807, 2.05) is 13.8 Å². The van der Waals surface area contributed by atoms with E-state index >= 15 is 0 Å². The third-order valence-corrected chi connectivity index (χ3v) is 1.37. The highest BCUT2D eigenvalue weighted by Gasteiger charge is 2.38. The first-order valence-electron chi connectivity index (χ1n) is 3.82. The van der Waals surface area contributed by atoms with Gasteiger partial charge in [0.1, 0.15) is 11.8 Å². The van der Waals surface area contributed by atoms with Crippen LogP contribution < -0.4 is 5.32 Å². The second kappa shape index (κ2) is 4.01. The molecule has 0 bridgehead atoms. The standard InChI is InChI=1S/C5H11NO3.C2H6/c1-5(2)3(7)6-4(8)9-5;1-2/h3-4,6-8H,1-2H3;1-2H3. The van der Waals surface area contributed by atoms with Gasteiger partial charge in [0.05, 0.1) is 0 Å². The quantitative estimate of drug-likeness (QED) is 0.470. The number of aliphatic hydroxyl groups excluding tert-OH is 2. The van der Waals surface area contributed by atoms with Gasteiger partial charge in [-0.1, -0.05) is 13.8 Å². The van der Waals surface area contributed by atoms with Gasteiger partial charge in [-0.15, -0.1) is 0 Å². The van der Waals surface area contributed by atoms with Crippen LogP contribution in [0.3, 0.4) is 0 Å². The molecule has 1 fully saturated rings. The fourth-order valence-electron chi connectivity index (χ4n) is 0.722. The topological polar surface area (TPSA) is 61.7 Å². The number of ether oxygens (including phenoxy) is 1. The van der Waals surface area contributed by atoms with Crippen molar-refractivity contribution in [3.8, 4) is 0 Å². The Morgan fingerprint density at radius 3 is 1.82 bits per heavy atom. The normalized spacial score (nSPS) is 34.4. The van der Waals surface area contributed by atoms with Crippen molar-refractivity contribution in [2.45, 2.75) is 45.9 Å². The second-order valence-electron chi connectivity index (χ2n) is 2.64. The van der Waals surface area contributed by atoms with Crippen molar-refractivity contribution >= 4 is 0 Å². The van der Waals surface area contributed by atoms with Crippen LogP contribution >= 0.6 is 0 Å². The lowest BCUT2D eigenvalue weighted by atomic mass is 10.1. The predicted octanol–water partition coefficient (Wildman–Crippen LogP) is 0.00530. The Hall–Kier alpha value is -0.160. The summed E-state index contributed by atoms with van der Waals surface area (Å²) >= 11 is 0. The minimum atomic E-state index is -1.03. The van der Waals surface area contributed by atoms with E-state index in [0.717, 1.165) is 0 Å². The van der Waals surface area contributed by atoms with Crippen LogP contribution in [0, 0.1) is 0 Å². The maximum Gasteiger partial charge on any atom is 0.216 e. The summed E-state index contributed by atoms with van der Waals surface area (Å²) in [6.45, 7) is 7.39. The van der Waals surface area contributed by atoms with Gasteiger partial charge in [-0.05, 0) is 13.8 Å². The van der Waals surface area contributed by atoms with Crippen LogP contribution in [0.25, 0.3) is 0 Å². The number of nitrogens with one attached hydrogen (secondary N) is 1. The summed E-state index contributed by atoms with van der Waals surface area (Å²) in [5.74, 6) is 0. The van der Waals surface area contributed by atoms with E-state index in [1.54, 1.807) is 13.8 Å². The fourth-order valence-corrected chi connectivity index (χ4v) is 0.722. The van der Waals surface area contributed by atoms with Crippen molar-refractivity contribution in [2.75, 3.05) is 0 Å². The molecule has 0 aromatic rings. The summed E-state index contributed by atoms with van der Waals surface area (Å²) in [4.78, 5) is 0. The Kier molecular flexibility index (Phi) is 3.96. The van der Waals surface area contributed by atoms with Crippen LogP contribution in [0.4, 0.5) is 0 Å². The van der Waals surface area contributed by atoms with E-state index < -0.39 is 18.2 Å². The molecule has 3 N–H and O–H groups in total. The van der Waals surface area contributed by atoms with Crippen molar-refractivity contribution in [3.63, 3.8) is 0 Å². The molecule has 0 amide bonds. The van der Waals surface area contributed by atoms with Crippen molar-refractivity contribution in [2.24, 2.45) is 0 Å². The molecule has 1 saturated heterocycles. The average Bonchev–Trinajstić information content (AvgIpc) is 2.10. The third-order valence-electron chi connectivity index (χ3n) is 1.37. The molecule has 1 aliphatic rings. The molecule has 2 unspecified atom stereocenters. The Morgan fingerprint density at radius 2 is 1.73 bits per heavy atom. The zero-order chi connectivity index (χ0) is 9.07. The molecule has 0 aromatic heterocycles. The molecule has 1 heterocycles. The highest BCUT2D eigenvalue weighted by molar-refractivity contribution is 4.82. The van der Waals surface area contributed by atoms with E-state index in [-0.39, 0.29) is 0 Å². The third kappa shape index (κ3) is 2.75. The molecule has 1 aliphatic heterocycles. The zero-order valence-electron chi connectivity index (χ0n) is 7.46. The Bertz CT molecular complexity index is 116. The van der Waals surface area contributed by atoms with Crippen molar-refractivity contribution < 1.29 is 14.9 Å². The van der Waals surface area contributed by atoms with Crippen LogP contribution in [0.15, 0.2) is 0 Å². The monoisotopic (exact) mass is 163 g/mol. The lowest BCUT2D eigenvalue weighted by Crippen LogP contribution is -2.38. The smallest absolute Gasteiger partial charge is 0.216 e. The molecule has 1 rings (SSSR count). The molecular weight excluding hydrogens is 146 g/mol. The van der Waals surface area contributed by atoms with Gasteiger partial charge < -0.3 is 14.9 Å². The van der Waals surface area contributed by atoms with Gasteiger partial charge in [-0.2, -0.15) is 0 Å². The fraction of sp³-hybridized carbons (Fsp3) is 1.00. The van der Waals surface area contributed by atoms with Gasteiger partial charge in [0.2, 0.25) is 6.41 Å². The highest BCUT2D eigenvalue weighted by Crippen LogP contribution is 2.20. The van der Waals surface area contributed by atoms with Gasteiger partial charge >= 0.3 is 0 Å². The number of rotatable bonds is 0. The molecule has 0 radical (unpaired) electrons. The van der Waals surface area contributed by atoms with E-state index in [2.05, 4.69) is 5.32 Å². The number of hydrogen-bond donors (Lipinski definition) is 3. The van der Waals surface area contributed by atoms with Crippen LogP contribution in [-0.2, 0) is 4.74 Å². The van der Waals surface area contributed by atoms with Gasteiger partial charge in [0, 0.05) is 0 Å². The second-order valence-corrected chi connectivity index (χ2v) is 2.64. The summed E-state index contributed by atoms with van der Waals surface area (Å²) in [6, 6.07) is 0. The van der Waals surface area contributed by atoms with E-state index in [9.17, 15) is 0 Å². The van der Waals surface area contributed by atoms with Crippen LogP contribution in [0.1, 0.15) is 27.7 Å². The molecule has 0 saturated carbocycles. The van der Waals surface area contributed by atoms with Crippen molar-refractivity contribution in [1.82, 2.24) is 5.32 Å². The summed E-state index contributed by atoms with van der Waals surface area (Å²) < 4.78 is 4.86. The molecule has 0 aliphatic carbocycles. The molecule has 0 aromatic carbocycles. The summed E-state index contributed by atoms with van der Waals surface area (Å²) in [7, 11) is 0. The van der Waals surface area contributed by atoms with Crippen LogP contribution in [0.2, 0.25) is 0 Å². The minimum Gasteiger partial charge on any atom is -0.375 e. The maximum atomic E-state index is 9.03. The maximum absolute atomic E-state index is 9.03. The van der Waals surface area contributed by atoms with Crippen molar-refractivity contribution in [1.29, 1.82) is 0 Å². The zero-order valence-corrected chi connectivity index (χ0v) is 7.46. The van der Waals surface area contributed by atoms with Gasteiger partial charge in [-0.3, -0.25) is 0 Å². The van der Waals surface area contributed by atoms with Crippen LogP contribution in [0.5, 0.6) is 0 Å². The Morgan fingerprint density at radius 1 is 1.27 bits per heavy atom. The van der Waals surface area contributed by atoms with Crippen molar-refractivity contribution in [3.05, 3.63) is 0 Å². The Labute approximate surface area is 67.2 Å². The summed E-state index contributed by atoms with van der Waals surface area (Å²) in [5.41, 5.74) is -0.681. The van der Waals surface area contributed by atoms with Gasteiger partial charge in [0.15, 0.2) is 0 Å². The highest BCUT2D eigenvalue weighted by atomic mass is 16.7. The average molecular weight is 163 g/mol. The SMILES string of the molecule is CC.CC1(C)OC(O)NC1O. The molecule has 11 heavy (non-hydrogen) atoms. The number of hydrogen-bond acceptors (Lipinski definition) is 4. The van der Waals surface area contributed by atoms with E-state index in [0.29, 0.717) is 0 Å². The summed E-state index contributed by atoms with van der Waals surface area (Å²) in [5, 5.41) is 20.2. The first-order chi connectivity index (χ1) is 5.02. The molecule has 68 valence electrons. The molecule has 2 atom stereocenters. The van der Waals surface area contributed by atoms with Gasteiger partial charge in [0.25, 0.3) is 0 Å².